The third-order valence-electron chi connectivity index (χ3n) is 4.28. The number of nitrogens with one attached hydrogen (secondary N) is 2. The molecular formula is C15H33N3O2S. The van der Waals surface area contributed by atoms with Gasteiger partial charge < -0.3 is 5.32 Å². The van der Waals surface area contributed by atoms with Gasteiger partial charge in [-0.25, -0.2) is 4.72 Å². The zero-order valence-electron chi connectivity index (χ0n) is 14.2. The van der Waals surface area contributed by atoms with E-state index in [2.05, 4.69) is 37.7 Å². The first kappa shape index (κ1) is 18.9. The molecule has 0 radical (unpaired) electrons. The smallest absolute Gasteiger partial charge is 0.279 e. The zero-order chi connectivity index (χ0) is 16.0. The highest BCUT2D eigenvalue weighted by atomic mass is 32.2. The molecule has 126 valence electrons. The molecule has 0 saturated heterocycles. The highest BCUT2D eigenvalue weighted by molar-refractivity contribution is 7.87. The fourth-order valence-electron chi connectivity index (χ4n) is 2.57. The first-order valence-corrected chi connectivity index (χ1v) is 9.62. The van der Waals surface area contributed by atoms with Crippen LogP contribution in [0.5, 0.6) is 0 Å². The molecule has 1 saturated carbocycles. The third kappa shape index (κ3) is 7.08. The minimum Gasteiger partial charge on any atom is -0.314 e. The van der Waals surface area contributed by atoms with Crippen molar-refractivity contribution in [2.45, 2.75) is 53.0 Å². The minimum absolute atomic E-state index is 0.365. The maximum atomic E-state index is 12.2. The molecule has 0 aromatic rings. The average molecular weight is 320 g/mol. The van der Waals surface area contributed by atoms with E-state index >= 15 is 0 Å². The van der Waals surface area contributed by atoms with Gasteiger partial charge in [-0.2, -0.15) is 12.7 Å². The zero-order valence-corrected chi connectivity index (χ0v) is 15.0. The molecule has 2 N–H and O–H groups in total. The second-order valence-electron chi connectivity index (χ2n) is 6.91. The lowest BCUT2D eigenvalue weighted by Gasteiger charge is -2.26. The molecule has 0 aromatic carbocycles. The summed E-state index contributed by atoms with van der Waals surface area (Å²) in [5.41, 5.74) is 0. The normalized spacial score (nSPS) is 16.6. The lowest BCUT2D eigenvalue weighted by molar-refractivity contribution is 0.286. The second kappa shape index (κ2) is 8.46. The maximum Gasteiger partial charge on any atom is 0.279 e. The fraction of sp³-hybridized carbons (Fsp3) is 1.00. The van der Waals surface area contributed by atoms with Crippen LogP contribution in [0.4, 0.5) is 0 Å². The molecule has 1 aliphatic carbocycles. The van der Waals surface area contributed by atoms with Crippen LogP contribution < -0.4 is 10.0 Å². The summed E-state index contributed by atoms with van der Waals surface area (Å²) >= 11 is 0. The second-order valence-corrected chi connectivity index (χ2v) is 8.77. The van der Waals surface area contributed by atoms with E-state index in [-0.39, 0.29) is 0 Å². The monoisotopic (exact) mass is 319 g/mol. The van der Waals surface area contributed by atoms with Crippen LogP contribution in [0.3, 0.4) is 0 Å². The Bertz CT molecular complexity index is 384. The Morgan fingerprint density at radius 1 is 1.14 bits per heavy atom. The van der Waals surface area contributed by atoms with Crippen LogP contribution >= 0.6 is 0 Å². The van der Waals surface area contributed by atoms with Crippen molar-refractivity contribution in [3.8, 4) is 0 Å². The Hall–Kier alpha value is -0.170. The lowest BCUT2D eigenvalue weighted by Crippen LogP contribution is -2.42. The van der Waals surface area contributed by atoms with Gasteiger partial charge in [-0.05, 0) is 43.6 Å². The SMILES string of the molecule is CC(C)C(CNS(=O)(=O)N(C)CCCNC1CC1)C(C)C. The molecule has 0 spiro atoms. The van der Waals surface area contributed by atoms with E-state index in [1.54, 1.807) is 7.05 Å². The number of hydrogen-bond acceptors (Lipinski definition) is 3. The van der Waals surface area contributed by atoms with Crippen LogP contribution in [0.1, 0.15) is 47.0 Å². The summed E-state index contributed by atoms with van der Waals surface area (Å²) in [7, 11) is -1.70. The standard InChI is InChI=1S/C15H33N3O2S/c1-12(2)15(13(3)4)11-17-21(19,20)18(5)10-6-9-16-14-7-8-14/h12-17H,6-11H2,1-5H3. The van der Waals surface area contributed by atoms with Crippen molar-refractivity contribution in [2.75, 3.05) is 26.7 Å². The van der Waals surface area contributed by atoms with Crippen LogP contribution in [0.2, 0.25) is 0 Å². The van der Waals surface area contributed by atoms with Crippen molar-refractivity contribution in [2.24, 2.45) is 17.8 Å². The minimum atomic E-state index is -3.35. The topological polar surface area (TPSA) is 61.4 Å². The van der Waals surface area contributed by atoms with E-state index in [9.17, 15) is 8.42 Å². The van der Waals surface area contributed by atoms with Crippen LogP contribution in [0.15, 0.2) is 0 Å². The van der Waals surface area contributed by atoms with Crippen molar-refractivity contribution in [3.05, 3.63) is 0 Å². The van der Waals surface area contributed by atoms with Crippen molar-refractivity contribution in [1.82, 2.24) is 14.3 Å². The molecule has 0 aromatic heterocycles. The van der Waals surface area contributed by atoms with Gasteiger partial charge in [-0.15, -0.1) is 0 Å². The first-order chi connectivity index (χ1) is 9.74. The number of hydrogen-bond donors (Lipinski definition) is 2. The summed E-state index contributed by atoms with van der Waals surface area (Å²) in [6.45, 7) is 10.5. The Balaban J connectivity index is 2.32. The molecule has 0 heterocycles. The van der Waals surface area contributed by atoms with Crippen molar-refractivity contribution in [3.63, 3.8) is 0 Å². The number of nitrogens with zero attached hydrogens (tertiary/aromatic N) is 1. The molecule has 0 bridgehead atoms. The van der Waals surface area contributed by atoms with Gasteiger partial charge in [0.15, 0.2) is 0 Å². The average Bonchev–Trinajstić information content (AvgIpc) is 3.17. The third-order valence-corrected chi connectivity index (χ3v) is 5.82. The quantitative estimate of drug-likeness (QED) is 0.571. The summed E-state index contributed by atoms with van der Waals surface area (Å²) < 4.78 is 28.6. The fourth-order valence-corrected chi connectivity index (χ4v) is 3.56. The molecule has 0 aliphatic heterocycles. The maximum absolute atomic E-state index is 12.2. The Morgan fingerprint density at radius 3 is 2.19 bits per heavy atom. The van der Waals surface area contributed by atoms with E-state index in [0.29, 0.717) is 36.9 Å². The Kier molecular flexibility index (Phi) is 7.60. The van der Waals surface area contributed by atoms with Gasteiger partial charge in [0.2, 0.25) is 0 Å². The molecular weight excluding hydrogens is 286 g/mol. The van der Waals surface area contributed by atoms with E-state index in [1.807, 2.05) is 0 Å². The number of rotatable bonds is 11. The highest BCUT2D eigenvalue weighted by Gasteiger charge is 2.23. The van der Waals surface area contributed by atoms with Gasteiger partial charge in [0.25, 0.3) is 10.2 Å². The molecule has 0 atom stereocenters. The van der Waals surface area contributed by atoms with Crippen molar-refractivity contribution >= 4 is 10.2 Å². The van der Waals surface area contributed by atoms with Gasteiger partial charge in [0.05, 0.1) is 0 Å². The van der Waals surface area contributed by atoms with Gasteiger partial charge >= 0.3 is 0 Å². The largest absolute Gasteiger partial charge is 0.314 e. The highest BCUT2D eigenvalue weighted by Crippen LogP contribution is 2.20. The predicted octanol–water partition coefficient (Wildman–Crippen LogP) is 1.82. The lowest BCUT2D eigenvalue weighted by atomic mass is 9.86. The molecule has 0 unspecified atom stereocenters. The van der Waals surface area contributed by atoms with Crippen LogP contribution in [-0.4, -0.2) is 45.4 Å². The Labute approximate surface area is 131 Å². The van der Waals surface area contributed by atoms with Crippen LogP contribution in [0, 0.1) is 17.8 Å². The summed E-state index contributed by atoms with van der Waals surface area (Å²) in [5.74, 6) is 1.31. The van der Waals surface area contributed by atoms with Gasteiger partial charge in [-0.3, -0.25) is 0 Å². The van der Waals surface area contributed by atoms with Crippen molar-refractivity contribution in [1.29, 1.82) is 0 Å². The van der Waals surface area contributed by atoms with Gasteiger partial charge in [0, 0.05) is 26.2 Å². The predicted molar refractivity (Wildman–Crippen MR) is 88.4 cm³/mol. The summed E-state index contributed by atoms with van der Waals surface area (Å²) in [6.07, 6.45) is 3.38. The van der Waals surface area contributed by atoms with E-state index in [1.165, 1.54) is 17.1 Å². The van der Waals surface area contributed by atoms with Gasteiger partial charge in [0.1, 0.15) is 0 Å². The van der Waals surface area contributed by atoms with E-state index in [0.717, 1.165) is 13.0 Å². The summed E-state index contributed by atoms with van der Waals surface area (Å²) in [4.78, 5) is 0. The molecule has 21 heavy (non-hydrogen) atoms. The van der Waals surface area contributed by atoms with Crippen molar-refractivity contribution < 1.29 is 8.42 Å². The van der Waals surface area contributed by atoms with E-state index in [4.69, 9.17) is 0 Å². The molecule has 6 heteroatoms. The van der Waals surface area contributed by atoms with Crippen LogP contribution in [-0.2, 0) is 10.2 Å². The molecule has 1 rings (SSSR count). The first-order valence-electron chi connectivity index (χ1n) is 8.18. The molecule has 1 aliphatic rings. The van der Waals surface area contributed by atoms with E-state index < -0.39 is 10.2 Å². The summed E-state index contributed by atoms with van der Waals surface area (Å²) in [5, 5.41) is 3.40. The molecule has 0 amide bonds. The van der Waals surface area contributed by atoms with Crippen LogP contribution in [0.25, 0.3) is 0 Å². The van der Waals surface area contributed by atoms with Gasteiger partial charge in [-0.1, -0.05) is 27.7 Å². The molecule has 5 nitrogen and oxygen atoms in total. The summed E-state index contributed by atoms with van der Waals surface area (Å²) in [6, 6.07) is 0.683. The molecule has 1 fully saturated rings. The Morgan fingerprint density at radius 2 is 1.71 bits per heavy atom.